The van der Waals surface area contributed by atoms with Crippen LogP contribution in [0.15, 0.2) is 0 Å². The van der Waals surface area contributed by atoms with Gasteiger partial charge in [-0.25, -0.2) is 0 Å². The first-order chi connectivity index (χ1) is 10.1. The zero-order chi connectivity index (χ0) is 15.4. The smallest absolute Gasteiger partial charge is 0.0657 e. The molecule has 3 nitrogen and oxygen atoms in total. The molecule has 1 saturated carbocycles. The van der Waals surface area contributed by atoms with Gasteiger partial charge in [0.25, 0.3) is 0 Å². The summed E-state index contributed by atoms with van der Waals surface area (Å²) in [5, 5.41) is 4.99. The Morgan fingerprint density at radius 2 is 1.81 bits per heavy atom. The SMILES string of the molecule is CCc1nn(C2CCC(CC)CC2)c(CC)c1CC(C)N. The van der Waals surface area contributed by atoms with E-state index >= 15 is 0 Å². The lowest BCUT2D eigenvalue weighted by molar-refractivity contribution is 0.252. The Hall–Kier alpha value is -0.830. The van der Waals surface area contributed by atoms with Gasteiger partial charge in [0.2, 0.25) is 0 Å². The Bertz CT molecular complexity index is 440. The third-order valence-corrected chi connectivity index (χ3v) is 5.14. The summed E-state index contributed by atoms with van der Waals surface area (Å²) in [6, 6.07) is 0.837. The van der Waals surface area contributed by atoms with E-state index < -0.39 is 0 Å². The van der Waals surface area contributed by atoms with Crippen LogP contribution in [-0.4, -0.2) is 15.8 Å². The summed E-state index contributed by atoms with van der Waals surface area (Å²) in [5.41, 5.74) is 10.2. The maximum absolute atomic E-state index is 6.06. The molecule has 0 spiro atoms. The Morgan fingerprint density at radius 1 is 1.14 bits per heavy atom. The molecule has 2 N–H and O–H groups in total. The van der Waals surface area contributed by atoms with Crippen molar-refractivity contribution >= 4 is 0 Å². The molecule has 1 aliphatic rings. The topological polar surface area (TPSA) is 43.8 Å². The lowest BCUT2D eigenvalue weighted by Crippen LogP contribution is -2.22. The number of rotatable bonds is 6. The Labute approximate surface area is 130 Å². The largest absolute Gasteiger partial charge is 0.328 e. The van der Waals surface area contributed by atoms with Gasteiger partial charge < -0.3 is 5.73 Å². The summed E-state index contributed by atoms with van der Waals surface area (Å²) >= 11 is 0. The van der Waals surface area contributed by atoms with Crippen molar-refractivity contribution in [3.05, 3.63) is 17.0 Å². The molecule has 0 aromatic carbocycles. The van der Waals surface area contributed by atoms with Crippen LogP contribution in [0.25, 0.3) is 0 Å². The van der Waals surface area contributed by atoms with E-state index in [4.69, 9.17) is 10.8 Å². The fourth-order valence-corrected chi connectivity index (χ4v) is 3.87. The molecule has 21 heavy (non-hydrogen) atoms. The van der Waals surface area contributed by atoms with Gasteiger partial charge in [-0.2, -0.15) is 5.10 Å². The number of hydrogen-bond donors (Lipinski definition) is 1. The van der Waals surface area contributed by atoms with Gasteiger partial charge in [0, 0.05) is 11.7 Å². The molecule has 1 atom stereocenters. The van der Waals surface area contributed by atoms with Crippen molar-refractivity contribution in [2.75, 3.05) is 0 Å². The first kappa shape index (κ1) is 16.5. The summed E-state index contributed by atoms with van der Waals surface area (Å²) in [6.45, 7) is 8.90. The van der Waals surface area contributed by atoms with Crippen molar-refractivity contribution in [1.82, 2.24) is 9.78 Å². The summed E-state index contributed by atoms with van der Waals surface area (Å²) in [5.74, 6) is 0.941. The minimum Gasteiger partial charge on any atom is -0.328 e. The number of nitrogens with zero attached hydrogens (tertiary/aromatic N) is 2. The van der Waals surface area contributed by atoms with Crippen molar-refractivity contribution in [3.8, 4) is 0 Å². The molecular weight excluding hydrogens is 258 g/mol. The molecule has 2 rings (SSSR count). The highest BCUT2D eigenvalue weighted by molar-refractivity contribution is 5.28. The van der Waals surface area contributed by atoms with Gasteiger partial charge in [-0.3, -0.25) is 4.68 Å². The van der Waals surface area contributed by atoms with E-state index in [1.165, 1.54) is 49.1 Å². The average Bonchev–Trinajstić information content (AvgIpc) is 2.84. The standard InChI is InChI=1S/C18H33N3/c1-5-14-8-10-15(11-9-14)21-18(7-3)16(12-13(4)19)17(6-2)20-21/h13-15H,5-12,19H2,1-4H3. The highest BCUT2D eigenvalue weighted by Gasteiger charge is 2.26. The van der Waals surface area contributed by atoms with Crippen LogP contribution in [0.2, 0.25) is 0 Å². The third kappa shape index (κ3) is 3.68. The summed E-state index contributed by atoms with van der Waals surface area (Å²) in [6.07, 6.45) is 9.73. The normalized spacial score (nSPS) is 24.2. The first-order valence-corrected chi connectivity index (χ1v) is 8.95. The molecule has 0 saturated heterocycles. The summed E-state index contributed by atoms with van der Waals surface area (Å²) in [4.78, 5) is 0. The van der Waals surface area contributed by atoms with Crippen LogP contribution in [0.3, 0.4) is 0 Å². The maximum Gasteiger partial charge on any atom is 0.0657 e. The molecule has 1 unspecified atom stereocenters. The van der Waals surface area contributed by atoms with Crippen molar-refractivity contribution in [3.63, 3.8) is 0 Å². The number of nitrogens with two attached hydrogens (primary N) is 1. The van der Waals surface area contributed by atoms with Gasteiger partial charge >= 0.3 is 0 Å². The highest BCUT2D eigenvalue weighted by Crippen LogP contribution is 2.35. The van der Waals surface area contributed by atoms with Gasteiger partial charge in [-0.05, 0) is 63.4 Å². The summed E-state index contributed by atoms with van der Waals surface area (Å²) in [7, 11) is 0. The second-order valence-electron chi connectivity index (χ2n) is 6.79. The molecule has 0 amide bonds. The second kappa shape index (κ2) is 7.44. The van der Waals surface area contributed by atoms with E-state index in [-0.39, 0.29) is 6.04 Å². The van der Waals surface area contributed by atoms with Gasteiger partial charge in [0.1, 0.15) is 0 Å². The Balaban J connectivity index is 2.25. The average molecular weight is 291 g/mol. The van der Waals surface area contributed by atoms with Crippen molar-refractivity contribution in [2.45, 2.75) is 91.1 Å². The lowest BCUT2D eigenvalue weighted by Gasteiger charge is -2.29. The van der Waals surface area contributed by atoms with E-state index in [1.807, 2.05) is 0 Å². The zero-order valence-electron chi connectivity index (χ0n) is 14.4. The predicted octanol–water partition coefficient (Wildman–Crippen LogP) is 4.04. The monoisotopic (exact) mass is 291 g/mol. The molecule has 120 valence electrons. The highest BCUT2D eigenvalue weighted by atomic mass is 15.3. The number of hydrogen-bond acceptors (Lipinski definition) is 2. The minimum atomic E-state index is 0.217. The van der Waals surface area contributed by atoms with Crippen LogP contribution in [0.4, 0.5) is 0 Å². The van der Waals surface area contributed by atoms with Crippen molar-refractivity contribution in [2.24, 2.45) is 11.7 Å². The zero-order valence-corrected chi connectivity index (χ0v) is 14.4. The van der Waals surface area contributed by atoms with E-state index in [0.29, 0.717) is 6.04 Å². The fraction of sp³-hybridized carbons (Fsp3) is 0.833. The molecule has 0 bridgehead atoms. The predicted molar refractivity (Wildman–Crippen MR) is 89.6 cm³/mol. The molecular formula is C18H33N3. The van der Waals surface area contributed by atoms with Gasteiger partial charge in [-0.1, -0.05) is 27.2 Å². The molecule has 1 aliphatic carbocycles. The quantitative estimate of drug-likeness (QED) is 0.859. The van der Waals surface area contributed by atoms with Crippen LogP contribution in [-0.2, 0) is 19.3 Å². The van der Waals surface area contributed by atoms with Gasteiger partial charge in [0.15, 0.2) is 0 Å². The summed E-state index contributed by atoms with van der Waals surface area (Å²) < 4.78 is 2.38. The number of aryl methyl sites for hydroxylation is 1. The van der Waals surface area contributed by atoms with Gasteiger partial charge in [-0.15, -0.1) is 0 Å². The minimum absolute atomic E-state index is 0.217. The molecule has 3 heteroatoms. The molecule has 0 aliphatic heterocycles. The van der Waals surface area contributed by atoms with E-state index in [9.17, 15) is 0 Å². The van der Waals surface area contributed by atoms with Crippen LogP contribution in [0.1, 0.15) is 82.8 Å². The fourth-order valence-electron chi connectivity index (χ4n) is 3.87. The number of aromatic nitrogens is 2. The first-order valence-electron chi connectivity index (χ1n) is 8.95. The molecule has 0 radical (unpaired) electrons. The van der Waals surface area contributed by atoms with Crippen LogP contribution in [0.5, 0.6) is 0 Å². The van der Waals surface area contributed by atoms with E-state index in [1.54, 1.807) is 0 Å². The lowest BCUT2D eigenvalue weighted by atomic mass is 9.84. The van der Waals surface area contributed by atoms with Crippen molar-refractivity contribution in [1.29, 1.82) is 0 Å². The van der Waals surface area contributed by atoms with Crippen LogP contribution >= 0.6 is 0 Å². The Kier molecular flexibility index (Phi) is 5.86. The maximum atomic E-state index is 6.06. The molecule has 1 aromatic rings. The van der Waals surface area contributed by atoms with Gasteiger partial charge in [0.05, 0.1) is 11.7 Å². The van der Waals surface area contributed by atoms with Crippen LogP contribution < -0.4 is 5.73 Å². The molecule has 1 heterocycles. The van der Waals surface area contributed by atoms with E-state index in [0.717, 1.165) is 25.2 Å². The van der Waals surface area contributed by atoms with Crippen molar-refractivity contribution < 1.29 is 0 Å². The second-order valence-corrected chi connectivity index (χ2v) is 6.79. The molecule has 1 fully saturated rings. The Morgan fingerprint density at radius 3 is 2.29 bits per heavy atom. The molecule has 1 aromatic heterocycles. The third-order valence-electron chi connectivity index (χ3n) is 5.14. The van der Waals surface area contributed by atoms with E-state index in [2.05, 4.69) is 32.4 Å². The van der Waals surface area contributed by atoms with Crippen LogP contribution in [0, 0.1) is 5.92 Å².